The van der Waals surface area contributed by atoms with Crippen molar-refractivity contribution in [1.29, 1.82) is 0 Å². The van der Waals surface area contributed by atoms with Crippen molar-refractivity contribution < 1.29 is 4.79 Å². The third-order valence-electron chi connectivity index (χ3n) is 3.19. The fourth-order valence-corrected chi connectivity index (χ4v) is 2.30. The summed E-state index contributed by atoms with van der Waals surface area (Å²) in [7, 11) is 0. The van der Waals surface area contributed by atoms with Gasteiger partial charge < -0.3 is 5.32 Å². The molecule has 0 bridgehead atoms. The number of fused-ring (bicyclic) bond motifs is 1. The number of amides is 1. The topological polar surface area (TPSA) is 42.0 Å². The first kappa shape index (κ1) is 13.5. The van der Waals surface area contributed by atoms with Crippen LogP contribution in [0.5, 0.6) is 0 Å². The normalized spacial score (nSPS) is 12.4. The highest BCUT2D eigenvalue weighted by Gasteiger charge is 2.13. The van der Waals surface area contributed by atoms with Crippen LogP contribution in [0, 0.1) is 6.92 Å². The average molecular weight is 256 g/mol. The van der Waals surface area contributed by atoms with E-state index in [9.17, 15) is 4.79 Å². The van der Waals surface area contributed by atoms with E-state index in [-0.39, 0.29) is 11.9 Å². The number of hydrogen-bond acceptors (Lipinski definition) is 2. The molecule has 100 valence electrons. The maximum Gasteiger partial charge on any atom is 0.252 e. The monoisotopic (exact) mass is 256 g/mol. The summed E-state index contributed by atoms with van der Waals surface area (Å²) in [5, 5.41) is 3.96. The average Bonchev–Trinajstić information content (AvgIpc) is 2.37. The molecule has 2 rings (SSSR count). The molecule has 19 heavy (non-hydrogen) atoms. The van der Waals surface area contributed by atoms with Crippen LogP contribution in [0.25, 0.3) is 10.9 Å². The molecule has 1 N–H and O–H groups in total. The molecule has 0 aliphatic heterocycles. The van der Waals surface area contributed by atoms with Gasteiger partial charge in [-0.3, -0.25) is 9.78 Å². The van der Waals surface area contributed by atoms with Crippen molar-refractivity contribution in [3.8, 4) is 0 Å². The van der Waals surface area contributed by atoms with Crippen LogP contribution in [0.1, 0.15) is 42.7 Å². The van der Waals surface area contributed by atoms with E-state index in [1.54, 1.807) is 0 Å². The van der Waals surface area contributed by atoms with Crippen molar-refractivity contribution in [2.24, 2.45) is 0 Å². The molecular formula is C16H20N2O. The van der Waals surface area contributed by atoms with E-state index in [1.165, 1.54) is 0 Å². The van der Waals surface area contributed by atoms with E-state index in [2.05, 4.69) is 17.2 Å². The van der Waals surface area contributed by atoms with Gasteiger partial charge in [-0.05, 0) is 32.4 Å². The minimum atomic E-state index is -0.0114. The maximum atomic E-state index is 12.4. The standard InChI is InChI=1S/C16H20N2O/c1-4-7-11(2)18-16(19)14-10-12(3)17-15-9-6-5-8-13(14)15/h5-6,8-11H,4,7H2,1-3H3,(H,18,19). The molecule has 1 aromatic carbocycles. The van der Waals surface area contributed by atoms with Gasteiger partial charge in [-0.15, -0.1) is 0 Å². The van der Waals surface area contributed by atoms with Crippen molar-refractivity contribution in [1.82, 2.24) is 10.3 Å². The van der Waals surface area contributed by atoms with E-state index >= 15 is 0 Å². The Kier molecular flexibility index (Phi) is 4.15. The highest BCUT2D eigenvalue weighted by molar-refractivity contribution is 6.06. The summed E-state index contributed by atoms with van der Waals surface area (Å²) in [6, 6.07) is 9.82. The first-order chi connectivity index (χ1) is 9.11. The molecule has 1 heterocycles. The molecule has 0 fully saturated rings. The number of carbonyl (C=O) groups is 1. The number of nitrogens with zero attached hydrogens (tertiary/aromatic N) is 1. The molecule has 0 saturated carbocycles. The zero-order valence-corrected chi connectivity index (χ0v) is 11.7. The lowest BCUT2D eigenvalue weighted by Gasteiger charge is -2.14. The number of aromatic nitrogens is 1. The number of benzene rings is 1. The summed E-state index contributed by atoms with van der Waals surface area (Å²) in [4.78, 5) is 16.8. The summed E-state index contributed by atoms with van der Waals surface area (Å²) in [5.41, 5.74) is 2.45. The lowest BCUT2D eigenvalue weighted by molar-refractivity contribution is 0.0940. The molecule has 1 amide bonds. The highest BCUT2D eigenvalue weighted by atomic mass is 16.1. The van der Waals surface area contributed by atoms with Gasteiger partial charge >= 0.3 is 0 Å². The fraction of sp³-hybridized carbons (Fsp3) is 0.375. The lowest BCUT2D eigenvalue weighted by Crippen LogP contribution is -2.32. The largest absolute Gasteiger partial charge is 0.350 e. The minimum Gasteiger partial charge on any atom is -0.350 e. The molecule has 0 saturated heterocycles. The second kappa shape index (κ2) is 5.83. The first-order valence-electron chi connectivity index (χ1n) is 6.79. The van der Waals surface area contributed by atoms with Crippen molar-refractivity contribution >= 4 is 16.8 Å². The SMILES string of the molecule is CCCC(C)NC(=O)c1cc(C)nc2ccccc12. The molecule has 1 unspecified atom stereocenters. The van der Waals surface area contributed by atoms with E-state index in [0.29, 0.717) is 5.56 Å². The minimum absolute atomic E-state index is 0.0114. The molecule has 0 radical (unpaired) electrons. The number of hydrogen-bond donors (Lipinski definition) is 1. The van der Waals surface area contributed by atoms with Crippen LogP contribution in [0.15, 0.2) is 30.3 Å². The van der Waals surface area contributed by atoms with Gasteiger partial charge in [0.2, 0.25) is 0 Å². The van der Waals surface area contributed by atoms with Crippen LogP contribution >= 0.6 is 0 Å². The van der Waals surface area contributed by atoms with Gasteiger partial charge in [0.15, 0.2) is 0 Å². The number of pyridine rings is 1. The number of nitrogens with one attached hydrogen (secondary N) is 1. The number of para-hydroxylation sites is 1. The Labute approximate surface area is 114 Å². The third-order valence-corrected chi connectivity index (χ3v) is 3.19. The van der Waals surface area contributed by atoms with Crippen LogP contribution < -0.4 is 5.32 Å². The molecule has 3 heteroatoms. The van der Waals surface area contributed by atoms with Crippen LogP contribution in [-0.4, -0.2) is 16.9 Å². The van der Waals surface area contributed by atoms with E-state index in [4.69, 9.17) is 0 Å². The van der Waals surface area contributed by atoms with Crippen molar-refractivity contribution in [3.63, 3.8) is 0 Å². The molecule has 0 aliphatic rings. The predicted molar refractivity (Wildman–Crippen MR) is 78.3 cm³/mol. The Morgan fingerprint density at radius 1 is 1.37 bits per heavy atom. The molecule has 0 spiro atoms. The summed E-state index contributed by atoms with van der Waals surface area (Å²) < 4.78 is 0. The summed E-state index contributed by atoms with van der Waals surface area (Å²) >= 11 is 0. The van der Waals surface area contributed by atoms with Crippen LogP contribution in [0.2, 0.25) is 0 Å². The van der Waals surface area contributed by atoms with E-state index < -0.39 is 0 Å². The Morgan fingerprint density at radius 3 is 2.84 bits per heavy atom. The summed E-state index contributed by atoms with van der Waals surface area (Å²) in [5.74, 6) is -0.0114. The zero-order valence-electron chi connectivity index (χ0n) is 11.7. The molecule has 3 nitrogen and oxygen atoms in total. The van der Waals surface area contributed by atoms with Crippen LogP contribution in [0.4, 0.5) is 0 Å². The number of aryl methyl sites for hydroxylation is 1. The Bertz CT molecular complexity index is 592. The molecule has 2 aromatic rings. The summed E-state index contributed by atoms with van der Waals surface area (Å²) in [6.07, 6.45) is 2.06. The Morgan fingerprint density at radius 2 is 2.11 bits per heavy atom. The fourth-order valence-electron chi connectivity index (χ4n) is 2.30. The molecule has 1 atom stereocenters. The quantitative estimate of drug-likeness (QED) is 0.910. The molecule has 0 aliphatic carbocycles. The van der Waals surface area contributed by atoms with Crippen molar-refractivity contribution in [2.45, 2.75) is 39.7 Å². The molecule has 1 aromatic heterocycles. The number of carbonyl (C=O) groups excluding carboxylic acids is 1. The van der Waals surface area contributed by atoms with Gasteiger partial charge in [-0.25, -0.2) is 0 Å². The van der Waals surface area contributed by atoms with Crippen LogP contribution in [0.3, 0.4) is 0 Å². The van der Waals surface area contributed by atoms with Gasteiger partial charge in [-0.1, -0.05) is 31.5 Å². The lowest BCUT2D eigenvalue weighted by atomic mass is 10.1. The second-order valence-corrected chi connectivity index (χ2v) is 4.99. The van der Waals surface area contributed by atoms with Crippen molar-refractivity contribution in [2.75, 3.05) is 0 Å². The predicted octanol–water partition coefficient (Wildman–Crippen LogP) is 3.46. The highest BCUT2D eigenvalue weighted by Crippen LogP contribution is 2.18. The Balaban J connectivity index is 2.36. The van der Waals surface area contributed by atoms with Gasteiger partial charge in [-0.2, -0.15) is 0 Å². The Hall–Kier alpha value is -1.90. The summed E-state index contributed by atoms with van der Waals surface area (Å²) in [6.45, 7) is 6.07. The third kappa shape index (κ3) is 3.11. The van der Waals surface area contributed by atoms with Crippen molar-refractivity contribution in [3.05, 3.63) is 41.6 Å². The smallest absolute Gasteiger partial charge is 0.252 e. The van der Waals surface area contributed by atoms with E-state index in [1.807, 2.05) is 44.2 Å². The second-order valence-electron chi connectivity index (χ2n) is 4.99. The molecular weight excluding hydrogens is 236 g/mol. The van der Waals surface area contributed by atoms with E-state index in [0.717, 1.165) is 29.4 Å². The maximum absolute atomic E-state index is 12.4. The zero-order chi connectivity index (χ0) is 13.8. The van der Waals surface area contributed by atoms with Gasteiger partial charge in [0, 0.05) is 17.1 Å². The van der Waals surface area contributed by atoms with Gasteiger partial charge in [0.05, 0.1) is 11.1 Å². The van der Waals surface area contributed by atoms with Crippen LogP contribution in [-0.2, 0) is 0 Å². The number of rotatable bonds is 4. The van der Waals surface area contributed by atoms with Gasteiger partial charge in [0.1, 0.15) is 0 Å². The first-order valence-corrected chi connectivity index (χ1v) is 6.79. The van der Waals surface area contributed by atoms with Gasteiger partial charge in [0.25, 0.3) is 5.91 Å².